The van der Waals surface area contributed by atoms with Gasteiger partial charge in [-0.2, -0.15) is 4.31 Å². The monoisotopic (exact) mass is 347 g/mol. The van der Waals surface area contributed by atoms with Gasteiger partial charge in [0.05, 0.1) is 12.0 Å². The summed E-state index contributed by atoms with van der Waals surface area (Å²) < 4.78 is 44.6. The molecule has 0 bridgehead atoms. The van der Waals surface area contributed by atoms with Crippen molar-refractivity contribution in [3.05, 3.63) is 24.0 Å². The predicted molar refractivity (Wildman–Crippen MR) is 78.1 cm³/mol. The molecule has 1 aromatic carbocycles. The second-order valence-corrected chi connectivity index (χ2v) is 7.26. The second-order valence-electron chi connectivity index (χ2n) is 5.32. The Bertz CT molecular complexity index is 685. The molecule has 0 radical (unpaired) electrons. The van der Waals surface area contributed by atoms with E-state index in [0.29, 0.717) is 0 Å². The van der Waals surface area contributed by atoms with Crippen molar-refractivity contribution < 1.29 is 32.6 Å². The van der Waals surface area contributed by atoms with Gasteiger partial charge in [0.15, 0.2) is 17.7 Å². The van der Waals surface area contributed by atoms with Gasteiger partial charge in [-0.05, 0) is 37.0 Å². The number of aliphatic carboxylic acids is 1. The first-order valence-corrected chi connectivity index (χ1v) is 8.46. The first kappa shape index (κ1) is 17.6. The van der Waals surface area contributed by atoms with Crippen LogP contribution in [0.15, 0.2) is 23.1 Å². The van der Waals surface area contributed by atoms with Gasteiger partial charge in [0.2, 0.25) is 10.0 Å². The summed E-state index contributed by atoms with van der Waals surface area (Å²) in [7, 11) is -2.59. The van der Waals surface area contributed by atoms with Crippen LogP contribution in [0.4, 0.5) is 4.39 Å². The molecule has 0 aliphatic carbocycles. The summed E-state index contributed by atoms with van der Waals surface area (Å²) in [5, 5.41) is 18.3. The van der Waals surface area contributed by atoms with E-state index < -0.39 is 33.8 Å². The Kier molecular flexibility index (Phi) is 5.23. The van der Waals surface area contributed by atoms with Crippen LogP contribution in [0.3, 0.4) is 0 Å². The van der Waals surface area contributed by atoms with Crippen LogP contribution in [0.2, 0.25) is 0 Å². The Morgan fingerprint density at radius 2 is 2.00 bits per heavy atom. The first-order chi connectivity index (χ1) is 10.8. The summed E-state index contributed by atoms with van der Waals surface area (Å²) in [6, 6.07) is 3.39. The molecule has 1 atom stereocenters. The molecular formula is C14H18FNO6S. The van der Waals surface area contributed by atoms with Gasteiger partial charge in [-0.15, -0.1) is 0 Å². The van der Waals surface area contributed by atoms with Gasteiger partial charge >= 0.3 is 5.97 Å². The molecule has 9 heteroatoms. The van der Waals surface area contributed by atoms with E-state index in [1.807, 2.05) is 0 Å². The maximum absolute atomic E-state index is 13.7. The summed E-state index contributed by atoms with van der Waals surface area (Å²) in [5.74, 6) is -2.63. The van der Waals surface area contributed by atoms with Crippen LogP contribution in [0.5, 0.6) is 5.75 Å². The normalized spacial score (nSPS) is 18.6. The van der Waals surface area contributed by atoms with E-state index in [0.717, 1.165) is 6.07 Å². The molecule has 7 nitrogen and oxygen atoms in total. The molecule has 0 amide bonds. The molecule has 0 saturated carbocycles. The fourth-order valence-electron chi connectivity index (χ4n) is 2.59. The van der Waals surface area contributed by atoms with Crippen molar-refractivity contribution in [1.82, 2.24) is 4.31 Å². The Hall–Kier alpha value is -1.71. The molecule has 0 aromatic heterocycles. The number of carbonyl (C=O) groups is 1. The SMILES string of the molecule is COc1ccc(S(=O)(=O)N2CCC(C(O)C(=O)O)CC2)cc1F. The van der Waals surface area contributed by atoms with Gasteiger partial charge in [0.25, 0.3) is 0 Å². The highest BCUT2D eigenvalue weighted by molar-refractivity contribution is 7.89. The van der Waals surface area contributed by atoms with Gasteiger partial charge in [0, 0.05) is 13.1 Å². The number of piperidine rings is 1. The van der Waals surface area contributed by atoms with E-state index in [-0.39, 0.29) is 36.6 Å². The second kappa shape index (κ2) is 6.81. The van der Waals surface area contributed by atoms with Crippen molar-refractivity contribution in [1.29, 1.82) is 0 Å². The minimum atomic E-state index is -3.87. The molecule has 1 aliphatic rings. The Morgan fingerprint density at radius 1 is 1.39 bits per heavy atom. The van der Waals surface area contributed by atoms with Crippen molar-refractivity contribution in [2.24, 2.45) is 5.92 Å². The molecule has 1 fully saturated rings. The Labute approximate surface area is 133 Å². The maximum atomic E-state index is 13.7. The Morgan fingerprint density at radius 3 is 2.48 bits per heavy atom. The van der Waals surface area contributed by atoms with Crippen molar-refractivity contribution in [2.75, 3.05) is 20.2 Å². The number of benzene rings is 1. The van der Waals surface area contributed by atoms with Gasteiger partial charge < -0.3 is 14.9 Å². The summed E-state index contributed by atoms with van der Waals surface area (Å²) >= 11 is 0. The van der Waals surface area contributed by atoms with Crippen LogP contribution in [0, 0.1) is 11.7 Å². The third-order valence-corrected chi connectivity index (χ3v) is 5.85. The highest BCUT2D eigenvalue weighted by atomic mass is 32.2. The van der Waals surface area contributed by atoms with Crippen molar-refractivity contribution >= 4 is 16.0 Å². The van der Waals surface area contributed by atoms with E-state index in [4.69, 9.17) is 9.84 Å². The van der Waals surface area contributed by atoms with E-state index in [1.165, 1.54) is 23.5 Å². The molecule has 1 aliphatic heterocycles. The highest BCUT2D eigenvalue weighted by Crippen LogP contribution is 2.28. The largest absolute Gasteiger partial charge is 0.494 e. The summed E-state index contributed by atoms with van der Waals surface area (Å²) in [4.78, 5) is 10.6. The average Bonchev–Trinajstić information content (AvgIpc) is 2.54. The number of rotatable bonds is 5. The summed E-state index contributed by atoms with van der Waals surface area (Å²) in [6.07, 6.45) is -1.05. The van der Waals surface area contributed by atoms with Crippen LogP contribution in [-0.2, 0) is 14.8 Å². The van der Waals surface area contributed by atoms with Crippen LogP contribution in [-0.4, -0.2) is 55.2 Å². The van der Waals surface area contributed by atoms with Gasteiger partial charge in [-0.1, -0.05) is 0 Å². The number of halogens is 1. The lowest BCUT2D eigenvalue weighted by Gasteiger charge is -2.32. The number of ether oxygens (including phenoxy) is 1. The zero-order valence-corrected chi connectivity index (χ0v) is 13.3. The van der Waals surface area contributed by atoms with Crippen LogP contribution < -0.4 is 4.74 Å². The highest BCUT2D eigenvalue weighted by Gasteiger charge is 2.34. The number of carboxylic acid groups (broad SMARTS) is 1. The number of hydrogen-bond acceptors (Lipinski definition) is 5. The zero-order chi connectivity index (χ0) is 17.2. The summed E-state index contributed by atoms with van der Waals surface area (Å²) in [6.45, 7) is 0.149. The van der Waals surface area contributed by atoms with Crippen LogP contribution in [0.1, 0.15) is 12.8 Å². The molecule has 1 saturated heterocycles. The number of aliphatic hydroxyl groups excluding tert-OH is 1. The smallest absolute Gasteiger partial charge is 0.332 e. The molecule has 1 aromatic rings. The topological polar surface area (TPSA) is 104 Å². The van der Waals surface area contributed by atoms with E-state index in [1.54, 1.807) is 0 Å². The van der Waals surface area contributed by atoms with Crippen molar-refractivity contribution in [3.63, 3.8) is 0 Å². The molecule has 23 heavy (non-hydrogen) atoms. The number of methoxy groups -OCH3 is 1. The predicted octanol–water partition coefficient (Wildman–Crippen LogP) is 0.680. The lowest BCUT2D eigenvalue weighted by atomic mass is 9.92. The number of nitrogens with zero attached hydrogens (tertiary/aromatic N) is 1. The van der Waals surface area contributed by atoms with E-state index in [9.17, 15) is 22.7 Å². The minimum absolute atomic E-state index is 0.0489. The van der Waals surface area contributed by atoms with E-state index >= 15 is 0 Å². The Balaban J connectivity index is 2.13. The number of hydrogen-bond donors (Lipinski definition) is 2. The van der Waals surface area contributed by atoms with Crippen molar-refractivity contribution in [3.8, 4) is 5.75 Å². The minimum Gasteiger partial charge on any atom is -0.494 e. The van der Waals surface area contributed by atoms with Gasteiger partial charge in [-0.3, -0.25) is 0 Å². The standard InChI is InChI=1S/C14H18FNO6S/c1-22-12-3-2-10(8-11(12)15)23(20,21)16-6-4-9(5-7-16)13(17)14(18)19/h2-3,8-9,13,17H,4-7H2,1H3,(H,18,19). The van der Waals surface area contributed by atoms with Crippen molar-refractivity contribution in [2.45, 2.75) is 23.8 Å². The maximum Gasteiger partial charge on any atom is 0.332 e. The molecule has 1 unspecified atom stereocenters. The number of carboxylic acids is 1. The van der Waals surface area contributed by atoms with E-state index in [2.05, 4.69) is 0 Å². The fraction of sp³-hybridized carbons (Fsp3) is 0.500. The molecule has 128 valence electrons. The van der Waals surface area contributed by atoms with Gasteiger partial charge in [-0.25, -0.2) is 17.6 Å². The molecule has 2 rings (SSSR count). The molecule has 2 N–H and O–H groups in total. The molecule has 0 spiro atoms. The van der Waals surface area contributed by atoms with Gasteiger partial charge in [0.1, 0.15) is 0 Å². The number of sulfonamides is 1. The zero-order valence-electron chi connectivity index (χ0n) is 12.5. The quantitative estimate of drug-likeness (QED) is 0.812. The fourth-order valence-corrected chi connectivity index (χ4v) is 4.07. The first-order valence-electron chi connectivity index (χ1n) is 7.02. The molecule has 1 heterocycles. The third-order valence-electron chi connectivity index (χ3n) is 3.96. The lowest BCUT2D eigenvalue weighted by Crippen LogP contribution is -2.43. The van der Waals surface area contributed by atoms with Crippen LogP contribution >= 0.6 is 0 Å². The summed E-state index contributed by atoms with van der Waals surface area (Å²) in [5.41, 5.74) is 0. The number of aliphatic hydroxyl groups is 1. The molecular weight excluding hydrogens is 329 g/mol. The third kappa shape index (κ3) is 3.62. The average molecular weight is 347 g/mol. The van der Waals surface area contributed by atoms with Crippen LogP contribution in [0.25, 0.3) is 0 Å². The lowest BCUT2D eigenvalue weighted by molar-refractivity contribution is -0.150.